The number of hydrogen-bond acceptors (Lipinski definition) is 4. The molecule has 0 aliphatic carbocycles. The first kappa shape index (κ1) is 13.0. The number of rotatable bonds is 4. The molecule has 0 atom stereocenters. The zero-order valence-corrected chi connectivity index (χ0v) is 9.88. The Balaban J connectivity index is 2.39. The van der Waals surface area contributed by atoms with E-state index < -0.39 is 10.7 Å². The minimum Gasteiger partial charge on any atom is -0.450 e. The van der Waals surface area contributed by atoms with Crippen LogP contribution in [0.15, 0.2) is 42.5 Å². The zero-order valence-electron chi connectivity index (χ0n) is 9.88. The van der Waals surface area contributed by atoms with E-state index in [0.717, 1.165) is 0 Å². The summed E-state index contributed by atoms with van der Waals surface area (Å²) >= 11 is 0. The SMILES string of the molecule is NCc1cc(F)ccc1Oc1ccccc1[N+](=O)[O-]. The lowest BCUT2D eigenvalue weighted by Crippen LogP contribution is -2.01. The molecule has 2 N–H and O–H groups in total. The van der Waals surface area contributed by atoms with Gasteiger partial charge in [-0.3, -0.25) is 10.1 Å². The minimum atomic E-state index is -0.541. The van der Waals surface area contributed by atoms with Crippen LogP contribution in [0, 0.1) is 15.9 Å². The summed E-state index contributed by atoms with van der Waals surface area (Å²) in [5, 5.41) is 10.9. The molecule has 0 aliphatic rings. The molecule has 5 nitrogen and oxygen atoms in total. The summed E-state index contributed by atoms with van der Waals surface area (Å²) in [6.07, 6.45) is 0. The predicted molar refractivity (Wildman–Crippen MR) is 67.5 cm³/mol. The summed E-state index contributed by atoms with van der Waals surface area (Å²) in [5.41, 5.74) is 5.78. The zero-order chi connectivity index (χ0) is 13.8. The molecule has 2 aromatic rings. The second-order valence-electron chi connectivity index (χ2n) is 3.78. The van der Waals surface area contributed by atoms with Crippen LogP contribution in [0.5, 0.6) is 11.5 Å². The maximum atomic E-state index is 13.1. The molecule has 0 aromatic heterocycles. The Labute approximate surface area is 108 Å². The standard InChI is InChI=1S/C13H11FN2O3/c14-10-5-6-12(9(7-10)8-15)19-13-4-2-1-3-11(13)16(17)18/h1-7H,8,15H2. The average Bonchev–Trinajstić information content (AvgIpc) is 2.41. The van der Waals surface area contributed by atoms with Gasteiger partial charge in [-0.05, 0) is 24.3 Å². The molecule has 0 bridgehead atoms. The fourth-order valence-corrected chi connectivity index (χ4v) is 1.62. The highest BCUT2D eigenvalue weighted by Crippen LogP contribution is 2.32. The molecule has 19 heavy (non-hydrogen) atoms. The van der Waals surface area contributed by atoms with Crippen LogP contribution in [-0.4, -0.2) is 4.92 Å². The fourth-order valence-electron chi connectivity index (χ4n) is 1.62. The van der Waals surface area contributed by atoms with Crippen LogP contribution in [0.2, 0.25) is 0 Å². The number of hydrogen-bond donors (Lipinski definition) is 1. The maximum absolute atomic E-state index is 13.1. The number of nitrogens with zero attached hydrogens (tertiary/aromatic N) is 1. The van der Waals surface area contributed by atoms with E-state index in [4.69, 9.17) is 10.5 Å². The molecular formula is C13H11FN2O3. The summed E-state index contributed by atoms with van der Waals surface area (Å²) in [5.74, 6) is -0.0395. The van der Waals surface area contributed by atoms with Gasteiger partial charge < -0.3 is 10.5 Å². The summed E-state index contributed by atoms with van der Waals surface area (Å²) in [6.45, 7) is 0.0771. The Morgan fingerprint density at radius 2 is 1.95 bits per heavy atom. The van der Waals surface area contributed by atoms with Crippen molar-refractivity contribution in [3.63, 3.8) is 0 Å². The van der Waals surface area contributed by atoms with Gasteiger partial charge in [0, 0.05) is 18.2 Å². The van der Waals surface area contributed by atoms with E-state index in [1.165, 1.54) is 30.3 Å². The van der Waals surface area contributed by atoms with Crippen LogP contribution < -0.4 is 10.5 Å². The van der Waals surface area contributed by atoms with Gasteiger partial charge in [-0.2, -0.15) is 0 Å². The van der Waals surface area contributed by atoms with E-state index >= 15 is 0 Å². The molecule has 0 aliphatic heterocycles. The number of para-hydroxylation sites is 2. The van der Waals surface area contributed by atoms with Gasteiger partial charge >= 0.3 is 5.69 Å². The number of nitro benzene ring substituents is 1. The quantitative estimate of drug-likeness (QED) is 0.678. The third-order valence-electron chi connectivity index (χ3n) is 2.52. The molecule has 0 spiro atoms. The van der Waals surface area contributed by atoms with Gasteiger partial charge in [0.15, 0.2) is 0 Å². The maximum Gasteiger partial charge on any atom is 0.311 e. The summed E-state index contributed by atoms with van der Waals surface area (Å²) in [6, 6.07) is 9.82. The van der Waals surface area contributed by atoms with Crippen molar-refractivity contribution in [1.82, 2.24) is 0 Å². The van der Waals surface area contributed by atoms with Crippen LogP contribution in [0.3, 0.4) is 0 Å². The lowest BCUT2D eigenvalue weighted by Gasteiger charge is -2.10. The van der Waals surface area contributed by atoms with Gasteiger partial charge in [0.05, 0.1) is 4.92 Å². The number of nitrogens with two attached hydrogens (primary N) is 1. The molecule has 0 unspecified atom stereocenters. The van der Waals surface area contributed by atoms with Crippen molar-refractivity contribution >= 4 is 5.69 Å². The van der Waals surface area contributed by atoms with E-state index in [2.05, 4.69) is 0 Å². The number of benzene rings is 2. The molecular weight excluding hydrogens is 251 g/mol. The first-order valence-corrected chi connectivity index (χ1v) is 5.51. The van der Waals surface area contributed by atoms with Gasteiger partial charge in [0.2, 0.25) is 5.75 Å². The number of nitro groups is 1. The van der Waals surface area contributed by atoms with Gasteiger partial charge in [0.25, 0.3) is 0 Å². The average molecular weight is 262 g/mol. The normalized spacial score (nSPS) is 10.2. The van der Waals surface area contributed by atoms with Crippen molar-refractivity contribution in [2.24, 2.45) is 5.73 Å². The Morgan fingerprint density at radius 1 is 1.21 bits per heavy atom. The molecule has 0 radical (unpaired) electrons. The van der Waals surface area contributed by atoms with Crippen molar-refractivity contribution in [2.75, 3.05) is 0 Å². The largest absolute Gasteiger partial charge is 0.450 e. The Kier molecular flexibility index (Phi) is 3.72. The van der Waals surface area contributed by atoms with Gasteiger partial charge in [-0.1, -0.05) is 12.1 Å². The van der Waals surface area contributed by atoms with Crippen molar-refractivity contribution in [2.45, 2.75) is 6.54 Å². The van der Waals surface area contributed by atoms with E-state index in [9.17, 15) is 14.5 Å². The van der Waals surface area contributed by atoms with Crippen molar-refractivity contribution in [3.05, 3.63) is 64.0 Å². The van der Waals surface area contributed by atoms with Crippen LogP contribution >= 0.6 is 0 Å². The Hall–Kier alpha value is -2.47. The molecule has 2 aromatic carbocycles. The van der Waals surface area contributed by atoms with Gasteiger partial charge in [-0.15, -0.1) is 0 Å². The molecule has 6 heteroatoms. The predicted octanol–water partition coefficient (Wildman–Crippen LogP) is 2.98. The third kappa shape index (κ3) is 2.86. The molecule has 0 heterocycles. The van der Waals surface area contributed by atoms with Crippen molar-refractivity contribution in [3.8, 4) is 11.5 Å². The summed E-state index contributed by atoms with van der Waals surface area (Å²) in [4.78, 5) is 10.3. The van der Waals surface area contributed by atoms with E-state index in [1.807, 2.05) is 0 Å². The first-order valence-electron chi connectivity index (χ1n) is 5.51. The lowest BCUT2D eigenvalue weighted by molar-refractivity contribution is -0.385. The molecule has 98 valence electrons. The molecule has 2 rings (SSSR count). The second-order valence-corrected chi connectivity index (χ2v) is 3.78. The van der Waals surface area contributed by atoms with Crippen LogP contribution in [-0.2, 0) is 6.54 Å². The minimum absolute atomic E-state index is 0.0771. The van der Waals surface area contributed by atoms with Gasteiger partial charge in [0.1, 0.15) is 11.6 Å². The molecule has 0 saturated heterocycles. The Bertz CT molecular complexity index is 617. The van der Waals surface area contributed by atoms with Gasteiger partial charge in [-0.25, -0.2) is 4.39 Å². The number of halogens is 1. The second kappa shape index (κ2) is 5.45. The highest BCUT2D eigenvalue weighted by atomic mass is 19.1. The smallest absolute Gasteiger partial charge is 0.311 e. The van der Waals surface area contributed by atoms with E-state index in [0.29, 0.717) is 11.3 Å². The topological polar surface area (TPSA) is 78.4 Å². The third-order valence-corrected chi connectivity index (χ3v) is 2.52. The Morgan fingerprint density at radius 3 is 2.63 bits per heavy atom. The van der Waals surface area contributed by atoms with E-state index in [1.54, 1.807) is 12.1 Å². The monoisotopic (exact) mass is 262 g/mol. The lowest BCUT2D eigenvalue weighted by atomic mass is 10.2. The fraction of sp³-hybridized carbons (Fsp3) is 0.0769. The van der Waals surface area contributed by atoms with Crippen molar-refractivity contribution < 1.29 is 14.1 Å². The highest BCUT2D eigenvalue weighted by Gasteiger charge is 2.15. The van der Waals surface area contributed by atoms with Crippen LogP contribution in [0.25, 0.3) is 0 Å². The van der Waals surface area contributed by atoms with Crippen LogP contribution in [0.1, 0.15) is 5.56 Å². The molecule has 0 saturated carbocycles. The van der Waals surface area contributed by atoms with Crippen LogP contribution in [0.4, 0.5) is 10.1 Å². The highest BCUT2D eigenvalue weighted by molar-refractivity contribution is 5.49. The first-order chi connectivity index (χ1) is 9.11. The molecule has 0 fully saturated rings. The van der Waals surface area contributed by atoms with E-state index in [-0.39, 0.29) is 18.0 Å². The summed E-state index contributed by atoms with van der Waals surface area (Å²) < 4.78 is 18.5. The van der Waals surface area contributed by atoms with Crippen molar-refractivity contribution in [1.29, 1.82) is 0 Å². The summed E-state index contributed by atoms with van der Waals surface area (Å²) in [7, 11) is 0. The number of ether oxygens (including phenoxy) is 1. The molecule has 0 amide bonds.